The first kappa shape index (κ1) is 12.4. The van der Waals surface area contributed by atoms with E-state index in [2.05, 4.69) is 10.3 Å². The Morgan fingerprint density at radius 1 is 1.53 bits per heavy atom. The first-order chi connectivity index (χ1) is 8.15. The lowest BCUT2D eigenvalue weighted by Crippen LogP contribution is -2.17. The molecule has 1 atom stereocenters. The monoisotopic (exact) mass is 268 g/mol. The van der Waals surface area contributed by atoms with Crippen LogP contribution in [0.1, 0.15) is 23.5 Å². The number of halogens is 1. The van der Waals surface area contributed by atoms with Gasteiger partial charge in [-0.3, -0.25) is 0 Å². The average Bonchev–Trinajstić information content (AvgIpc) is 2.72. The molecule has 0 saturated carbocycles. The van der Waals surface area contributed by atoms with Crippen LogP contribution in [0.5, 0.6) is 5.75 Å². The zero-order valence-electron chi connectivity index (χ0n) is 9.35. The molecule has 1 heterocycles. The Hall–Kier alpha value is -1.10. The van der Waals surface area contributed by atoms with Gasteiger partial charge in [-0.05, 0) is 24.6 Å². The summed E-state index contributed by atoms with van der Waals surface area (Å²) in [6.45, 7) is 2.72. The number of rotatable bonds is 4. The highest BCUT2D eigenvalue weighted by atomic mass is 35.5. The van der Waals surface area contributed by atoms with Gasteiger partial charge in [0.2, 0.25) is 0 Å². The number of hydrogen-bond donors (Lipinski definition) is 2. The van der Waals surface area contributed by atoms with E-state index in [1.165, 1.54) is 11.3 Å². The second kappa shape index (κ2) is 5.49. The Morgan fingerprint density at radius 2 is 2.35 bits per heavy atom. The molecule has 1 unspecified atom stereocenters. The van der Waals surface area contributed by atoms with E-state index in [9.17, 15) is 5.11 Å². The molecule has 0 aliphatic heterocycles. The smallest absolute Gasteiger partial charge is 0.115 e. The maximum absolute atomic E-state index is 9.40. The molecule has 1 aromatic carbocycles. The third-order valence-corrected chi connectivity index (χ3v) is 3.57. The van der Waals surface area contributed by atoms with Gasteiger partial charge >= 0.3 is 0 Å². The number of phenolic OH excluding ortho intramolecular Hbond substituents is 1. The van der Waals surface area contributed by atoms with E-state index < -0.39 is 0 Å². The SMILES string of the molecule is CC(NCc1ncc(Cl)s1)c1cccc(O)c1. The minimum atomic E-state index is 0.157. The molecule has 90 valence electrons. The highest BCUT2D eigenvalue weighted by molar-refractivity contribution is 7.15. The lowest BCUT2D eigenvalue weighted by Gasteiger charge is -2.13. The van der Waals surface area contributed by atoms with Crippen molar-refractivity contribution in [3.8, 4) is 5.75 Å². The minimum absolute atomic E-state index is 0.157. The first-order valence-corrected chi connectivity index (χ1v) is 6.47. The number of nitrogens with zero attached hydrogens (tertiary/aromatic N) is 1. The van der Waals surface area contributed by atoms with Gasteiger partial charge in [0, 0.05) is 12.6 Å². The summed E-state index contributed by atoms with van der Waals surface area (Å²) in [5, 5.41) is 13.7. The maximum atomic E-state index is 9.40. The summed E-state index contributed by atoms with van der Waals surface area (Å²) in [6.07, 6.45) is 1.66. The third-order valence-electron chi connectivity index (χ3n) is 2.46. The fourth-order valence-electron chi connectivity index (χ4n) is 1.52. The topological polar surface area (TPSA) is 45.2 Å². The van der Waals surface area contributed by atoms with Crippen LogP contribution in [0, 0.1) is 0 Å². The molecule has 2 rings (SSSR count). The highest BCUT2D eigenvalue weighted by Crippen LogP contribution is 2.21. The Morgan fingerprint density at radius 3 is 3.00 bits per heavy atom. The second-order valence-electron chi connectivity index (χ2n) is 3.76. The molecule has 0 saturated heterocycles. The lowest BCUT2D eigenvalue weighted by atomic mass is 10.1. The van der Waals surface area contributed by atoms with Gasteiger partial charge in [0.25, 0.3) is 0 Å². The summed E-state index contributed by atoms with van der Waals surface area (Å²) in [7, 11) is 0. The molecule has 0 amide bonds. The molecular formula is C12H13ClN2OS. The molecular weight excluding hydrogens is 256 g/mol. The van der Waals surface area contributed by atoms with Crippen LogP contribution in [0.15, 0.2) is 30.5 Å². The molecule has 2 N–H and O–H groups in total. The zero-order valence-corrected chi connectivity index (χ0v) is 10.9. The van der Waals surface area contributed by atoms with Crippen molar-refractivity contribution in [1.29, 1.82) is 0 Å². The molecule has 2 aromatic rings. The van der Waals surface area contributed by atoms with Crippen LogP contribution in [-0.4, -0.2) is 10.1 Å². The van der Waals surface area contributed by atoms with Gasteiger partial charge in [0.05, 0.1) is 6.20 Å². The van der Waals surface area contributed by atoms with Crippen molar-refractivity contribution < 1.29 is 5.11 Å². The summed E-state index contributed by atoms with van der Waals surface area (Å²) >= 11 is 7.28. The third kappa shape index (κ3) is 3.43. The van der Waals surface area contributed by atoms with Crippen LogP contribution >= 0.6 is 22.9 Å². The molecule has 0 fully saturated rings. The van der Waals surface area contributed by atoms with Crippen LogP contribution in [-0.2, 0) is 6.54 Å². The first-order valence-electron chi connectivity index (χ1n) is 5.27. The van der Waals surface area contributed by atoms with Crippen molar-refractivity contribution in [2.45, 2.75) is 19.5 Å². The van der Waals surface area contributed by atoms with Gasteiger partial charge in [-0.1, -0.05) is 23.7 Å². The van der Waals surface area contributed by atoms with Crippen LogP contribution in [0.25, 0.3) is 0 Å². The molecule has 0 aliphatic carbocycles. The number of hydrogen-bond acceptors (Lipinski definition) is 4. The summed E-state index contributed by atoms with van der Waals surface area (Å²) in [5.41, 5.74) is 1.05. The van der Waals surface area contributed by atoms with Gasteiger partial charge in [-0.25, -0.2) is 4.98 Å². The predicted molar refractivity (Wildman–Crippen MR) is 70.5 cm³/mol. The van der Waals surface area contributed by atoms with Crippen molar-refractivity contribution in [3.05, 3.63) is 45.4 Å². The Bertz CT molecular complexity index is 501. The van der Waals surface area contributed by atoms with Crippen LogP contribution in [0.2, 0.25) is 4.34 Å². The number of thiazole rings is 1. The normalized spacial score (nSPS) is 12.6. The van der Waals surface area contributed by atoms with Crippen LogP contribution < -0.4 is 5.32 Å². The highest BCUT2D eigenvalue weighted by Gasteiger charge is 2.07. The van der Waals surface area contributed by atoms with E-state index in [-0.39, 0.29) is 11.8 Å². The van der Waals surface area contributed by atoms with Gasteiger partial charge in [-0.15, -0.1) is 11.3 Å². The van der Waals surface area contributed by atoms with E-state index in [0.717, 1.165) is 10.6 Å². The second-order valence-corrected chi connectivity index (χ2v) is 5.50. The summed E-state index contributed by atoms with van der Waals surface area (Å²) < 4.78 is 0.701. The molecule has 5 heteroatoms. The average molecular weight is 269 g/mol. The van der Waals surface area contributed by atoms with Crippen LogP contribution in [0.4, 0.5) is 0 Å². The largest absolute Gasteiger partial charge is 0.508 e. The molecule has 3 nitrogen and oxygen atoms in total. The van der Waals surface area contributed by atoms with Crippen molar-refractivity contribution in [1.82, 2.24) is 10.3 Å². The van der Waals surface area contributed by atoms with Crippen molar-refractivity contribution >= 4 is 22.9 Å². The standard InChI is InChI=1S/C12H13ClN2OS/c1-8(9-3-2-4-10(16)5-9)14-7-12-15-6-11(13)17-12/h2-6,8,14,16H,7H2,1H3. The maximum Gasteiger partial charge on any atom is 0.115 e. The number of benzene rings is 1. The van der Waals surface area contributed by atoms with Crippen molar-refractivity contribution in [2.24, 2.45) is 0 Å². The molecule has 0 spiro atoms. The Labute approximate surface area is 109 Å². The van der Waals surface area contributed by atoms with E-state index in [4.69, 9.17) is 11.6 Å². The molecule has 0 bridgehead atoms. The van der Waals surface area contributed by atoms with Gasteiger partial charge < -0.3 is 10.4 Å². The summed E-state index contributed by atoms with van der Waals surface area (Å²) in [4.78, 5) is 4.17. The zero-order chi connectivity index (χ0) is 12.3. The van der Waals surface area contributed by atoms with Gasteiger partial charge in [0.15, 0.2) is 0 Å². The van der Waals surface area contributed by atoms with Crippen LogP contribution in [0.3, 0.4) is 0 Å². The predicted octanol–water partition coefficient (Wildman–Crippen LogP) is 3.35. The number of phenols is 1. The lowest BCUT2D eigenvalue weighted by molar-refractivity contribution is 0.472. The molecule has 0 aliphatic rings. The summed E-state index contributed by atoms with van der Waals surface area (Å²) in [5.74, 6) is 0.286. The molecule has 0 radical (unpaired) electrons. The Balaban J connectivity index is 1.95. The molecule has 1 aromatic heterocycles. The van der Waals surface area contributed by atoms with E-state index >= 15 is 0 Å². The Kier molecular flexibility index (Phi) is 3.99. The minimum Gasteiger partial charge on any atom is -0.508 e. The van der Waals surface area contributed by atoms with Crippen molar-refractivity contribution in [3.63, 3.8) is 0 Å². The van der Waals surface area contributed by atoms with E-state index in [1.54, 1.807) is 18.3 Å². The summed E-state index contributed by atoms with van der Waals surface area (Å²) in [6, 6.07) is 7.39. The number of aromatic nitrogens is 1. The fraction of sp³-hybridized carbons (Fsp3) is 0.250. The van der Waals surface area contributed by atoms with Gasteiger partial charge in [-0.2, -0.15) is 0 Å². The van der Waals surface area contributed by atoms with E-state index in [0.29, 0.717) is 10.9 Å². The van der Waals surface area contributed by atoms with Gasteiger partial charge in [0.1, 0.15) is 15.1 Å². The number of nitrogens with one attached hydrogen (secondary N) is 1. The number of aromatic hydroxyl groups is 1. The van der Waals surface area contributed by atoms with Crippen molar-refractivity contribution in [2.75, 3.05) is 0 Å². The van der Waals surface area contributed by atoms with E-state index in [1.807, 2.05) is 19.1 Å². The quantitative estimate of drug-likeness (QED) is 0.894. The fourth-order valence-corrected chi connectivity index (χ4v) is 2.43. The molecule has 17 heavy (non-hydrogen) atoms.